The van der Waals surface area contributed by atoms with Gasteiger partial charge in [0.1, 0.15) is 0 Å². The van der Waals surface area contributed by atoms with Crippen molar-refractivity contribution in [3.05, 3.63) is 0 Å². The quantitative estimate of drug-likeness (QED) is 0.862. The molecule has 2 atom stereocenters. The van der Waals surface area contributed by atoms with Gasteiger partial charge < -0.3 is 15.0 Å². The van der Waals surface area contributed by atoms with E-state index in [9.17, 15) is 18.0 Å². The highest BCUT2D eigenvalue weighted by atomic mass is 19.4. The molecule has 0 aliphatic carbocycles. The van der Waals surface area contributed by atoms with Gasteiger partial charge in [-0.3, -0.25) is 4.90 Å². The topological polar surface area (TPSA) is 44.8 Å². The molecular formula is C14H24F3N3O2. The number of nitrogens with zero attached hydrogens (tertiary/aromatic N) is 2. The number of carbonyl (C=O) groups is 1. The van der Waals surface area contributed by atoms with E-state index >= 15 is 0 Å². The number of halogens is 3. The molecule has 2 heterocycles. The van der Waals surface area contributed by atoms with E-state index in [-0.39, 0.29) is 24.2 Å². The monoisotopic (exact) mass is 323 g/mol. The molecule has 0 bridgehead atoms. The first kappa shape index (κ1) is 17.3. The van der Waals surface area contributed by atoms with Crippen molar-refractivity contribution in [2.24, 2.45) is 0 Å². The van der Waals surface area contributed by atoms with E-state index in [1.807, 2.05) is 6.92 Å². The molecule has 2 amide bonds. The molecule has 22 heavy (non-hydrogen) atoms. The summed E-state index contributed by atoms with van der Waals surface area (Å²) in [4.78, 5) is 15.1. The Labute approximate surface area is 128 Å². The van der Waals surface area contributed by atoms with Crippen LogP contribution in [0.15, 0.2) is 0 Å². The maximum Gasteiger partial charge on any atom is 0.401 e. The van der Waals surface area contributed by atoms with Crippen LogP contribution in [0, 0.1) is 0 Å². The minimum absolute atomic E-state index is 0.227. The fourth-order valence-corrected chi connectivity index (χ4v) is 3.00. The van der Waals surface area contributed by atoms with Crippen LogP contribution in [0.1, 0.15) is 26.7 Å². The smallest absolute Gasteiger partial charge is 0.373 e. The van der Waals surface area contributed by atoms with Crippen LogP contribution in [0.25, 0.3) is 0 Å². The lowest BCUT2D eigenvalue weighted by Gasteiger charge is -2.40. The van der Waals surface area contributed by atoms with Crippen molar-refractivity contribution in [2.75, 3.05) is 39.3 Å². The lowest BCUT2D eigenvalue weighted by Crippen LogP contribution is -2.58. The molecule has 0 spiro atoms. The van der Waals surface area contributed by atoms with Crippen molar-refractivity contribution < 1.29 is 22.7 Å². The minimum Gasteiger partial charge on any atom is -0.373 e. The molecule has 0 unspecified atom stereocenters. The first-order chi connectivity index (χ1) is 10.2. The molecule has 2 saturated heterocycles. The standard InChI is InChI=1S/C14H24F3N3O2/c1-11-8-19(5-6-20(11)10-14(15,16)17)12(21)18-9-13(2)4-3-7-22-13/h11H,3-10H2,1-2H3,(H,18,21)/t11-,13+/m1/s1. The Morgan fingerprint density at radius 2 is 2.14 bits per heavy atom. The third-order valence-electron chi connectivity index (χ3n) is 4.35. The third kappa shape index (κ3) is 4.74. The van der Waals surface area contributed by atoms with Crippen LogP contribution in [0.5, 0.6) is 0 Å². The Hall–Kier alpha value is -1.02. The number of urea groups is 1. The molecule has 5 nitrogen and oxygen atoms in total. The second-order valence-electron chi connectivity index (χ2n) is 6.44. The molecule has 8 heteroatoms. The van der Waals surface area contributed by atoms with Crippen molar-refractivity contribution >= 4 is 6.03 Å². The van der Waals surface area contributed by atoms with E-state index in [1.165, 1.54) is 4.90 Å². The number of ether oxygens (including phenoxy) is 1. The fraction of sp³-hybridized carbons (Fsp3) is 0.929. The van der Waals surface area contributed by atoms with Crippen LogP contribution >= 0.6 is 0 Å². The first-order valence-electron chi connectivity index (χ1n) is 7.66. The normalized spacial score (nSPS) is 30.6. The van der Waals surface area contributed by atoms with Gasteiger partial charge in [-0.2, -0.15) is 13.2 Å². The highest BCUT2D eigenvalue weighted by Gasteiger charge is 2.36. The summed E-state index contributed by atoms with van der Waals surface area (Å²) in [6.07, 6.45) is -2.31. The third-order valence-corrected chi connectivity index (χ3v) is 4.35. The van der Waals surface area contributed by atoms with Crippen molar-refractivity contribution in [2.45, 2.75) is 44.5 Å². The number of nitrogens with one attached hydrogen (secondary N) is 1. The van der Waals surface area contributed by atoms with Crippen LogP contribution < -0.4 is 5.32 Å². The predicted octanol–water partition coefficient (Wildman–Crippen LogP) is 1.83. The zero-order valence-electron chi connectivity index (χ0n) is 13.1. The Morgan fingerprint density at radius 1 is 1.41 bits per heavy atom. The van der Waals surface area contributed by atoms with Crippen molar-refractivity contribution in [3.63, 3.8) is 0 Å². The summed E-state index contributed by atoms with van der Waals surface area (Å²) in [6.45, 7) is 4.75. The number of rotatable bonds is 3. The van der Waals surface area contributed by atoms with Crippen LogP contribution in [0.4, 0.5) is 18.0 Å². The molecule has 2 aliphatic rings. The highest BCUT2D eigenvalue weighted by molar-refractivity contribution is 5.74. The number of hydrogen-bond donors (Lipinski definition) is 1. The van der Waals surface area contributed by atoms with E-state index in [2.05, 4.69) is 5.32 Å². The Balaban J connectivity index is 1.78. The van der Waals surface area contributed by atoms with Crippen molar-refractivity contribution in [1.82, 2.24) is 15.1 Å². The summed E-state index contributed by atoms with van der Waals surface area (Å²) in [5, 5.41) is 2.84. The number of piperazine rings is 1. The molecule has 0 aromatic heterocycles. The summed E-state index contributed by atoms with van der Waals surface area (Å²) in [5.74, 6) is 0. The number of hydrogen-bond acceptors (Lipinski definition) is 3. The zero-order chi connectivity index (χ0) is 16.4. The van der Waals surface area contributed by atoms with Gasteiger partial charge in [-0.25, -0.2) is 4.79 Å². The fourth-order valence-electron chi connectivity index (χ4n) is 3.00. The van der Waals surface area contributed by atoms with E-state index < -0.39 is 12.7 Å². The molecule has 2 rings (SSSR count). The van der Waals surface area contributed by atoms with Gasteiger partial charge in [0.15, 0.2) is 0 Å². The second-order valence-corrected chi connectivity index (χ2v) is 6.44. The maximum absolute atomic E-state index is 12.5. The van der Waals surface area contributed by atoms with Gasteiger partial charge in [0.25, 0.3) is 0 Å². The lowest BCUT2D eigenvalue weighted by molar-refractivity contribution is -0.153. The number of carbonyl (C=O) groups excluding carboxylic acids is 1. The largest absolute Gasteiger partial charge is 0.401 e. The van der Waals surface area contributed by atoms with Gasteiger partial charge in [-0.05, 0) is 26.7 Å². The maximum atomic E-state index is 12.5. The lowest BCUT2D eigenvalue weighted by atomic mass is 10.0. The van der Waals surface area contributed by atoms with E-state index in [0.717, 1.165) is 12.8 Å². The van der Waals surface area contributed by atoms with Crippen LogP contribution in [0.2, 0.25) is 0 Å². The van der Waals surface area contributed by atoms with Gasteiger partial charge in [-0.1, -0.05) is 0 Å². The average molecular weight is 323 g/mol. The minimum atomic E-state index is -4.20. The number of amides is 2. The summed E-state index contributed by atoms with van der Waals surface area (Å²) < 4.78 is 43.0. The molecule has 0 aromatic carbocycles. The molecule has 0 aromatic rings. The summed E-state index contributed by atoms with van der Waals surface area (Å²) in [5.41, 5.74) is -0.320. The van der Waals surface area contributed by atoms with Crippen molar-refractivity contribution in [3.8, 4) is 0 Å². The van der Waals surface area contributed by atoms with E-state index in [1.54, 1.807) is 11.8 Å². The summed E-state index contributed by atoms with van der Waals surface area (Å²) >= 11 is 0. The van der Waals surface area contributed by atoms with Crippen molar-refractivity contribution in [1.29, 1.82) is 0 Å². The van der Waals surface area contributed by atoms with Crippen LogP contribution in [0.3, 0.4) is 0 Å². The van der Waals surface area contributed by atoms with Gasteiger partial charge in [0, 0.05) is 38.8 Å². The number of alkyl halides is 3. The van der Waals surface area contributed by atoms with Crippen LogP contribution in [-0.4, -0.2) is 73.0 Å². The molecule has 0 radical (unpaired) electrons. The zero-order valence-corrected chi connectivity index (χ0v) is 13.1. The highest BCUT2D eigenvalue weighted by Crippen LogP contribution is 2.24. The SMILES string of the molecule is C[C@@H]1CN(C(=O)NC[C@]2(C)CCCO2)CCN1CC(F)(F)F. The molecular weight excluding hydrogens is 299 g/mol. The van der Waals surface area contributed by atoms with Gasteiger partial charge in [-0.15, -0.1) is 0 Å². The molecule has 2 aliphatic heterocycles. The Kier molecular flexibility index (Phi) is 5.21. The molecule has 128 valence electrons. The summed E-state index contributed by atoms with van der Waals surface area (Å²) in [6, 6.07) is -0.533. The second kappa shape index (κ2) is 6.62. The van der Waals surface area contributed by atoms with E-state index in [4.69, 9.17) is 4.74 Å². The van der Waals surface area contributed by atoms with Gasteiger partial charge in [0.05, 0.1) is 12.1 Å². The predicted molar refractivity (Wildman–Crippen MR) is 75.7 cm³/mol. The van der Waals surface area contributed by atoms with E-state index in [0.29, 0.717) is 26.2 Å². The molecule has 2 fully saturated rings. The van der Waals surface area contributed by atoms with Gasteiger partial charge in [0.2, 0.25) is 0 Å². The Bertz CT molecular complexity index is 397. The first-order valence-corrected chi connectivity index (χ1v) is 7.66. The Morgan fingerprint density at radius 3 is 2.68 bits per heavy atom. The van der Waals surface area contributed by atoms with Crippen LogP contribution in [-0.2, 0) is 4.74 Å². The van der Waals surface area contributed by atoms with Gasteiger partial charge >= 0.3 is 12.2 Å². The molecule has 1 N–H and O–H groups in total. The summed E-state index contributed by atoms with van der Waals surface area (Å²) in [7, 11) is 0. The average Bonchev–Trinajstić information content (AvgIpc) is 2.84. The molecule has 0 saturated carbocycles.